The van der Waals surface area contributed by atoms with Gasteiger partial charge in [-0.05, 0) is 32.9 Å². The minimum absolute atomic E-state index is 0.0178. The topological polar surface area (TPSA) is 58.4 Å². The third kappa shape index (κ3) is 4.91. The highest BCUT2D eigenvalue weighted by molar-refractivity contribution is 5.77. The quantitative estimate of drug-likeness (QED) is 0.791. The number of carbonyl (C=O) groups excluding carboxylic acids is 1. The molecule has 0 aromatic heterocycles. The highest BCUT2D eigenvalue weighted by atomic mass is 16.2. The van der Waals surface area contributed by atoms with Crippen molar-refractivity contribution in [2.75, 3.05) is 25.0 Å². The molecule has 4 nitrogen and oxygen atoms in total. The second-order valence-corrected chi connectivity index (χ2v) is 4.71. The maximum absolute atomic E-state index is 12.0. The molecule has 0 aliphatic carbocycles. The van der Waals surface area contributed by atoms with Crippen molar-refractivity contribution in [2.45, 2.75) is 33.2 Å². The van der Waals surface area contributed by atoms with Crippen LogP contribution in [0.5, 0.6) is 0 Å². The number of rotatable bonds is 7. The van der Waals surface area contributed by atoms with Gasteiger partial charge in [-0.15, -0.1) is 0 Å². The van der Waals surface area contributed by atoms with Gasteiger partial charge in [-0.3, -0.25) is 4.79 Å². The monoisotopic (exact) mass is 263 g/mol. The van der Waals surface area contributed by atoms with Crippen molar-refractivity contribution >= 4 is 11.6 Å². The molecular formula is C15H25N3O. The highest BCUT2D eigenvalue weighted by Crippen LogP contribution is 2.11. The largest absolute Gasteiger partial charge is 0.381 e. The van der Waals surface area contributed by atoms with Crippen LogP contribution < -0.4 is 11.1 Å². The zero-order chi connectivity index (χ0) is 14.3. The van der Waals surface area contributed by atoms with Crippen molar-refractivity contribution in [3.05, 3.63) is 29.8 Å². The van der Waals surface area contributed by atoms with Crippen LogP contribution in [-0.2, 0) is 4.79 Å². The molecule has 0 aliphatic heterocycles. The summed E-state index contributed by atoms with van der Waals surface area (Å²) in [6.45, 7) is 7.97. The second kappa shape index (κ2) is 7.79. The van der Waals surface area contributed by atoms with Crippen LogP contribution in [0.15, 0.2) is 24.3 Å². The molecule has 1 aromatic carbocycles. The molecule has 0 fully saturated rings. The smallest absolute Gasteiger partial charge is 0.224 e. The number of aryl methyl sites for hydroxylation is 1. The number of nitrogens with one attached hydrogen (secondary N) is 1. The molecule has 1 amide bonds. The summed E-state index contributed by atoms with van der Waals surface area (Å²) in [5, 5.41) is 3.32. The molecule has 0 radical (unpaired) electrons. The van der Waals surface area contributed by atoms with E-state index >= 15 is 0 Å². The van der Waals surface area contributed by atoms with Crippen LogP contribution in [0.25, 0.3) is 0 Å². The fourth-order valence-electron chi connectivity index (χ4n) is 1.99. The van der Waals surface area contributed by atoms with Crippen LogP contribution in [0.3, 0.4) is 0 Å². The molecule has 0 bridgehead atoms. The molecule has 4 heteroatoms. The molecule has 106 valence electrons. The Kier molecular flexibility index (Phi) is 6.36. The number of anilines is 1. The van der Waals surface area contributed by atoms with Crippen molar-refractivity contribution in [2.24, 2.45) is 5.73 Å². The van der Waals surface area contributed by atoms with E-state index in [2.05, 4.69) is 5.32 Å². The van der Waals surface area contributed by atoms with Gasteiger partial charge in [-0.25, -0.2) is 0 Å². The first-order valence-electron chi connectivity index (χ1n) is 6.91. The maximum atomic E-state index is 12.0. The molecule has 19 heavy (non-hydrogen) atoms. The lowest BCUT2D eigenvalue weighted by Gasteiger charge is -2.23. The first kappa shape index (κ1) is 15.5. The Bertz CT molecular complexity index is 385. The third-order valence-electron chi connectivity index (χ3n) is 3.24. The Hall–Kier alpha value is -1.55. The van der Waals surface area contributed by atoms with Gasteiger partial charge in [0.05, 0.1) is 0 Å². The normalized spacial score (nSPS) is 12.0. The summed E-state index contributed by atoms with van der Waals surface area (Å²) in [6, 6.07) is 8.10. The number of amides is 1. The Morgan fingerprint density at radius 3 is 2.32 bits per heavy atom. The summed E-state index contributed by atoms with van der Waals surface area (Å²) >= 11 is 0. The molecule has 1 aromatic rings. The predicted octanol–water partition coefficient (Wildman–Crippen LogP) is 1.99. The summed E-state index contributed by atoms with van der Waals surface area (Å²) in [7, 11) is 0. The summed E-state index contributed by atoms with van der Waals surface area (Å²) in [6.07, 6.45) is 0.437. The summed E-state index contributed by atoms with van der Waals surface area (Å²) in [5.41, 5.74) is 7.97. The Balaban J connectivity index is 2.58. The average Bonchev–Trinajstić information content (AvgIpc) is 2.41. The van der Waals surface area contributed by atoms with Crippen molar-refractivity contribution in [1.29, 1.82) is 0 Å². The van der Waals surface area contributed by atoms with Crippen LogP contribution in [0.1, 0.15) is 25.8 Å². The number of nitrogens with zero attached hydrogens (tertiary/aromatic N) is 1. The van der Waals surface area contributed by atoms with Gasteiger partial charge in [0.25, 0.3) is 0 Å². The molecular weight excluding hydrogens is 238 g/mol. The van der Waals surface area contributed by atoms with Gasteiger partial charge in [0, 0.05) is 37.8 Å². The van der Waals surface area contributed by atoms with Crippen LogP contribution >= 0.6 is 0 Å². The van der Waals surface area contributed by atoms with Gasteiger partial charge in [-0.2, -0.15) is 0 Å². The Morgan fingerprint density at radius 1 is 1.26 bits per heavy atom. The summed E-state index contributed by atoms with van der Waals surface area (Å²) in [4.78, 5) is 13.9. The minimum Gasteiger partial charge on any atom is -0.381 e. The number of hydrogen-bond donors (Lipinski definition) is 2. The van der Waals surface area contributed by atoms with E-state index in [1.165, 1.54) is 5.56 Å². The molecule has 0 spiro atoms. The molecule has 0 saturated heterocycles. The zero-order valence-electron chi connectivity index (χ0n) is 12.1. The number of carbonyl (C=O) groups is 1. The van der Waals surface area contributed by atoms with Crippen LogP contribution in [-0.4, -0.2) is 36.5 Å². The number of benzene rings is 1. The van der Waals surface area contributed by atoms with E-state index in [1.54, 1.807) is 0 Å². The summed E-state index contributed by atoms with van der Waals surface area (Å²) in [5.74, 6) is 0.153. The molecule has 1 rings (SSSR count). The van der Waals surface area contributed by atoms with Gasteiger partial charge < -0.3 is 16.0 Å². The van der Waals surface area contributed by atoms with E-state index in [1.807, 2.05) is 49.9 Å². The lowest BCUT2D eigenvalue weighted by Crippen LogP contribution is -2.38. The first-order valence-corrected chi connectivity index (χ1v) is 6.91. The maximum Gasteiger partial charge on any atom is 0.224 e. The Morgan fingerprint density at radius 2 is 1.84 bits per heavy atom. The average molecular weight is 263 g/mol. The molecule has 0 aliphatic rings. The lowest BCUT2D eigenvalue weighted by atomic mass is 10.1. The van der Waals surface area contributed by atoms with Crippen LogP contribution in [0, 0.1) is 6.92 Å². The standard InChI is InChI=1S/C15H25N3O/c1-4-18(5-2)15(19)10-14(11-16)17-13-8-6-12(3)7-9-13/h6-9,14,17H,4-5,10-11,16H2,1-3H3. The summed E-state index contributed by atoms with van der Waals surface area (Å²) < 4.78 is 0. The molecule has 0 saturated carbocycles. The fourth-order valence-corrected chi connectivity index (χ4v) is 1.99. The van der Waals surface area contributed by atoms with Gasteiger partial charge >= 0.3 is 0 Å². The van der Waals surface area contributed by atoms with Gasteiger partial charge in [0.2, 0.25) is 5.91 Å². The molecule has 0 heterocycles. The third-order valence-corrected chi connectivity index (χ3v) is 3.24. The van der Waals surface area contributed by atoms with Crippen LogP contribution in [0.2, 0.25) is 0 Å². The SMILES string of the molecule is CCN(CC)C(=O)CC(CN)Nc1ccc(C)cc1. The number of nitrogens with two attached hydrogens (primary N) is 1. The second-order valence-electron chi connectivity index (χ2n) is 4.71. The fraction of sp³-hybridized carbons (Fsp3) is 0.533. The van der Waals surface area contributed by atoms with E-state index in [-0.39, 0.29) is 11.9 Å². The molecule has 1 unspecified atom stereocenters. The van der Waals surface area contributed by atoms with Crippen molar-refractivity contribution in [3.8, 4) is 0 Å². The van der Waals surface area contributed by atoms with E-state index in [0.717, 1.165) is 18.8 Å². The predicted molar refractivity (Wildman–Crippen MR) is 80.2 cm³/mol. The van der Waals surface area contributed by atoms with E-state index in [4.69, 9.17) is 5.73 Å². The van der Waals surface area contributed by atoms with E-state index in [9.17, 15) is 4.79 Å². The lowest BCUT2D eigenvalue weighted by molar-refractivity contribution is -0.131. The van der Waals surface area contributed by atoms with Crippen LogP contribution in [0.4, 0.5) is 5.69 Å². The number of hydrogen-bond acceptors (Lipinski definition) is 3. The van der Waals surface area contributed by atoms with E-state index in [0.29, 0.717) is 13.0 Å². The van der Waals surface area contributed by atoms with Crippen molar-refractivity contribution in [1.82, 2.24) is 4.90 Å². The molecule has 1 atom stereocenters. The zero-order valence-corrected chi connectivity index (χ0v) is 12.1. The first-order chi connectivity index (χ1) is 9.10. The minimum atomic E-state index is -0.0178. The Labute approximate surface area is 116 Å². The van der Waals surface area contributed by atoms with Gasteiger partial charge in [0.1, 0.15) is 0 Å². The van der Waals surface area contributed by atoms with Crippen molar-refractivity contribution in [3.63, 3.8) is 0 Å². The van der Waals surface area contributed by atoms with E-state index < -0.39 is 0 Å². The molecule has 3 N–H and O–H groups in total. The van der Waals surface area contributed by atoms with Gasteiger partial charge in [0.15, 0.2) is 0 Å². The van der Waals surface area contributed by atoms with Gasteiger partial charge in [-0.1, -0.05) is 17.7 Å². The highest BCUT2D eigenvalue weighted by Gasteiger charge is 2.16. The van der Waals surface area contributed by atoms with Crippen molar-refractivity contribution < 1.29 is 4.79 Å².